The minimum Gasteiger partial charge on any atom is -0.496 e. The molecule has 1 N–H and O–H groups in total. The smallest absolute Gasteiger partial charge is 0.339 e. The first-order chi connectivity index (χ1) is 12.0. The van der Waals surface area contributed by atoms with Crippen LogP contribution >= 0.6 is 0 Å². The van der Waals surface area contributed by atoms with Crippen molar-refractivity contribution in [2.75, 3.05) is 7.11 Å². The van der Waals surface area contributed by atoms with E-state index in [0.717, 1.165) is 16.7 Å². The van der Waals surface area contributed by atoms with Gasteiger partial charge < -0.3 is 14.8 Å². The molecular weight excluding hydrogens is 318 g/mol. The molecule has 1 aliphatic heterocycles. The van der Waals surface area contributed by atoms with Crippen LogP contribution in [0, 0.1) is 6.92 Å². The zero-order chi connectivity index (χ0) is 18.0. The molecule has 1 heterocycles. The van der Waals surface area contributed by atoms with E-state index < -0.39 is 12.1 Å². The summed E-state index contributed by atoms with van der Waals surface area (Å²) in [6, 6.07) is 12.7. The highest BCUT2D eigenvalue weighted by molar-refractivity contribution is 5.95. The van der Waals surface area contributed by atoms with E-state index in [-0.39, 0.29) is 11.9 Å². The van der Waals surface area contributed by atoms with Crippen LogP contribution < -0.4 is 10.1 Å². The van der Waals surface area contributed by atoms with Crippen molar-refractivity contribution in [3.8, 4) is 5.75 Å². The first kappa shape index (κ1) is 17.0. The van der Waals surface area contributed by atoms with E-state index in [0.29, 0.717) is 17.7 Å². The van der Waals surface area contributed by atoms with Gasteiger partial charge in [0, 0.05) is 12.0 Å². The van der Waals surface area contributed by atoms with Crippen molar-refractivity contribution in [3.05, 3.63) is 64.7 Å². The summed E-state index contributed by atoms with van der Waals surface area (Å²) < 4.78 is 10.7. The van der Waals surface area contributed by atoms with E-state index in [2.05, 4.69) is 5.32 Å². The highest BCUT2D eigenvalue weighted by Crippen LogP contribution is 2.27. The molecule has 0 aromatic heterocycles. The lowest BCUT2D eigenvalue weighted by molar-refractivity contribution is -0.131. The van der Waals surface area contributed by atoms with E-state index in [1.807, 2.05) is 44.2 Å². The number of cyclic esters (lactones) is 1. The van der Waals surface area contributed by atoms with Crippen LogP contribution in [0.25, 0.3) is 0 Å². The highest BCUT2D eigenvalue weighted by Gasteiger charge is 2.31. The van der Waals surface area contributed by atoms with Crippen LogP contribution in [0.5, 0.6) is 5.75 Å². The van der Waals surface area contributed by atoms with Gasteiger partial charge in [-0.05, 0) is 31.5 Å². The first-order valence-corrected chi connectivity index (χ1v) is 8.23. The zero-order valence-electron chi connectivity index (χ0n) is 14.5. The topological polar surface area (TPSA) is 64.6 Å². The lowest BCUT2D eigenvalue weighted by Gasteiger charge is -2.26. The number of hydrogen-bond donors (Lipinski definition) is 1. The van der Waals surface area contributed by atoms with Crippen LogP contribution in [0.3, 0.4) is 0 Å². The molecule has 2 unspecified atom stereocenters. The quantitative estimate of drug-likeness (QED) is 0.870. The first-order valence-electron chi connectivity index (χ1n) is 8.23. The minimum absolute atomic E-state index is 0.266. The molecule has 2 aromatic rings. The number of amides is 1. The van der Waals surface area contributed by atoms with Gasteiger partial charge in [0.25, 0.3) is 5.91 Å². The number of esters is 1. The number of ether oxygens (including phenoxy) is 2. The van der Waals surface area contributed by atoms with Gasteiger partial charge in [-0.2, -0.15) is 0 Å². The fourth-order valence-electron chi connectivity index (χ4n) is 3.05. The number of methoxy groups -OCH3 is 1. The summed E-state index contributed by atoms with van der Waals surface area (Å²) in [4.78, 5) is 24.7. The van der Waals surface area contributed by atoms with Gasteiger partial charge in [0.2, 0.25) is 0 Å². The normalized spacial score (nSPS) is 17.2. The van der Waals surface area contributed by atoms with Gasteiger partial charge >= 0.3 is 5.97 Å². The molecular formula is C20H21NO4. The average molecular weight is 339 g/mol. The summed E-state index contributed by atoms with van der Waals surface area (Å²) in [7, 11) is 1.60. The van der Waals surface area contributed by atoms with Crippen molar-refractivity contribution in [2.24, 2.45) is 0 Å². The van der Waals surface area contributed by atoms with Gasteiger partial charge in [-0.15, -0.1) is 0 Å². The fraction of sp³-hybridized carbons (Fsp3) is 0.300. The Morgan fingerprint density at radius 2 is 2.04 bits per heavy atom. The van der Waals surface area contributed by atoms with Crippen molar-refractivity contribution in [2.45, 2.75) is 32.4 Å². The Bertz CT molecular complexity index is 815. The third-order valence-electron chi connectivity index (χ3n) is 4.39. The molecule has 2 aromatic carbocycles. The summed E-state index contributed by atoms with van der Waals surface area (Å²) in [5.74, 6) is -0.0499. The van der Waals surface area contributed by atoms with E-state index in [1.54, 1.807) is 19.2 Å². The second-order valence-corrected chi connectivity index (χ2v) is 6.23. The van der Waals surface area contributed by atoms with Crippen LogP contribution in [0.1, 0.15) is 40.0 Å². The second kappa shape index (κ2) is 6.97. The number of carbonyl (C=O) groups is 2. The van der Waals surface area contributed by atoms with Gasteiger partial charge in [-0.3, -0.25) is 4.79 Å². The summed E-state index contributed by atoms with van der Waals surface area (Å²) in [5, 5.41) is 2.92. The largest absolute Gasteiger partial charge is 0.496 e. The molecule has 0 radical (unpaired) electrons. The maximum atomic E-state index is 12.6. The Balaban J connectivity index is 1.75. The van der Waals surface area contributed by atoms with Gasteiger partial charge in [0.15, 0.2) is 6.10 Å². The van der Waals surface area contributed by atoms with Gasteiger partial charge in [-0.1, -0.05) is 35.9 Å². The van der Waals surface area contributed by atoms with Crippen LogP contribution in [-0.2, 0) is 16.0 Å². The SMILES string of the molecule is COc1ccc(C)cc1C(C)NC(=O)C1Cc2ccccc2C(=O)O1. The number of nitrogens with one attached hydrogen (secondary N) is 1. The molecule has 0 spiro atoms. The van der Waals surface area contributed by atoms with Gasteiger partial charge in [-0.25, -0.2) is 4.79 Å². The predicted molar refractivity (Wildman–Crippen MR) is 93.6 cm³/mol. The third-order valence-corrected chi connectivity index (χ3v) is 4.39. The minimum atomic E-state index is -0.819. The molecule has 25 heavy (non-hydrogen) atoms. The van der Waals surface area contributed by atoms with Crippen molar-refractivity contribution < 1.29 is 19.1 Å². The van der Waals surface area contributed by atoms with Gasteiger partial charge in [0.1, 0.15) is 5.75 Å². The molecule has 3 rings (SSSR count). The number of aryl methyl sites for hydroxylation is 1. The van der Waals surface area contributed by atoms with Crippen LogP contribution in [0.4, 0.5) is 0 Å². The molecule has 0 saturated carbocycles. The lowest BCUT2D eigenvalue weighted by Crippen LogP contribution is -2.42. The molecule has 1 amide bonds. The Morgan fingerprint density at radius 3 is 2.80 bits per heavy atom. The van der Waals surface area contributed by atoms with Crippen molar-refractivity contribution in [3.63, 3.8) is 0 Å². The maximum Gasteiger partial charge on any atom is 0.339 e. The average Bonchev–Trinajstić information content (AvgIpc) is 2.61. The predicted octanol–water partition coefficient (Wildman–Crippen LogP) is 2.96. The molecule has 2 atom stereocenters. The Hall–Kier alpha value is -2.82. The lowest BCUT2D eigenvalue weighted by atomic mass is 9.97. The van der Waals surface area contributed by atoms with Crippen molar-refractivity contribution in [1.82, 2.24) is 5.32 Å². The van der Waals surface area contributed by atoms with E-state index >= 15 is 0 Å². The van der Waals surface area contributed by atoms with Crippen molar-refractivity contribution in [1.29, 1.82) is 0 Å². The Morgan fingerprint density at radius 1 is 1.28 bits per heavy atom. The van der Waals surface area contributed by atoms with Crippen LogP contribution in [-0.4, -0.2) is 25.1 Å². The monoisotopic (exact) mass is 339 g/mol. The molecule has 130 valence electrons. The number of hydrogen-bond acceptors (Lipinski definition) is 4. The summed E-state index contributed by atoms with van der Waals surface area (Å²) in [6.07, 6.45) is -0.438. The molecule has 0 aliphatic carbocycles. The highest BCUT2D eigenvalue weighted by atomic mass is 16.5. The molecule has 1 aliphatic rings. The molecule has 5 nitrogen and oxygen atoms in total. The molecule has 0 saturated heterocycles. The summed E-state index contributed by atoms with van der Waals surface area (Å²) in [6.45, 7) is 3.87. The van der Waals surface area contributed by atoms with E-state index in [1.165, 1.54) is 0 Å². The fourth-order valence-corrected chi connectivity index (χ4v) is 3.05. The van der Waals surface area contributed by atoms with Crippen LogP contribution in [0.2, 0.25) is 0 Å². The van der Waals surface area contributed by atoms with Gasteiger partial charge in [0.05, 0.1) is 18.7 Å². The number of carbonyl (C=O) groups excluding carboxylic acids is 2. The second-order valence-electron chi connectivity index (χ2n) is 6.23. The van der Waals surface area contributed by atoms with E-state index in [4.69, 9.17) is 9.47 Å². The molecule has 0 bridgehead atoms. The standard InChI is InChI=1S/C20H21NO4/c1-12-8-9-17(24-3)16(10-12)13(2)21-19(22)18-11-14-6-4-5-7-15(14)20(23)25-18/h4-10,13,18H,11H2,1-3H3,(H,21,22). The molecule has 0 fully saturated rings. The number of benzene rings is 2. The third kappa shape index (κ3) is 3.50. The van der Waals surface area contributed by atoms with Crippen LogP contribution in [0.15, 0.2) is 42.5 Å². The van der Waals surface area contributed by atoms with E-state index in [9.17, 15) is 9.59 Å². The van der Waals surface area contributed by atoms with Crippen molar-refractivity contribution >= 4 is 11.9 Å². The number of fused-ring (bicyclic) bond motifs is 1. The number of rotatable bonds is 4. The zero-order valence-corrected chi connectivity index (χ0v) is 14.5. The Labute approximate surface area is 147 Å². The summed E-state index contributed by atoms with van der Waals surface area (Å²) in [5.41, 5.74) is 3.33. The maximum absolute atomic E-state index is 12.6. The molecule has 5 heteroatoms. The summed E-state index contributed by atoms with van der Waals surface area (Å²) >= 11 is 0. The Kier molecular flexibility index (Phi) is 4.74.